The highest BCUT2D eigenvalue weighted by Gasteiger charge is 2.33. The van der Waals surface area contributed by atoms with E-state index >= 15 is 0 Å². The van der Waals surface area contributed by atoms with E-state index in [1.54, 1.807) is 6.07 Å². The zero-order chi connectivity index (χ0) is 14.0. The first kappa shape index (κ1) is 13.4. The molecule has 2 N–H and O–H groups in total. The highest BCUT2D eigenvalue weighted by Crippen LogP contribution is 2.29. The number of carbonyl (C=O) groups excluding carboxylic acids is 1. The Morgan fingerprint density at radius 1 is 1.30 bits per heavy atom. The van der Waals surface area contributed by atoms with Crippen LogP contribution in [-0.4, -0.2) is 29.8 Å². The van der Waals surface area contributed by atoms with Gasteiger partial charge in [0.05, 0.1) is 18.8 Å². The van der Waals surface area contributed by atoms with Crippen molar-refractivity contribution in [3.63, 3.8) is 0 Å². The zero-order valence-electron chi connectivity index (χ0n) is 11.7. The molecule has 1 aromatic carbocycles. The van der Waals surface area contributed by atoms with Gasteiger partial charge in [-0.05, 0) is 36.6 Å². The lowest BCUT2D eigenvalue weighted by Gasteiger charge is -2.36. The number of carbonyl (C=O) groups is 1. The van der Waals surface area contributed by atoms with Crippen LogP contribution < -0.4 is 10.1 Å². The summed E-state index contributed by atoms with van der Waals surface area (Å²) in [5.41, 5.74) is 1.33. The summed E-state index contributed by atoms with van der Waals surface area (Å²) in [5.74, 6) is 0.798. The molecule has 0 saturated heterocycles. The monoisotopic (exact) mass is 275 g/mol. The second kappa shape index (κ2) is 5.44. The van der Waals surface area contributed by atoms with E-state index in [2.05, 4.69) is 5.32 Å². The molecule has 108 valence electrons. The molecule has 1 aromatic rings. The molecule has 1 fully saturated rings. The normalized spacial score (nSPS) is 20.1. The van der Waals surface area contributed by atoms with Gasteiger partial charge in [-0.2, -0.15) is 0 Å². The molecule has 0 bridgehead atoms. The minimum Gasteiger partial charge on any atom is -0.493 e. The summed E-state index contributed by atoms with van der Waals surface area (Å²) in [5, 5.41) is 12.7. The van der Waals surface area contributed by atoms with Gasteiger partial charge in [0.25, 0.3) is 5.91 Å². The molecule has 2 aliphatic rings. The molecule has 4 heteroatoms. The van der Waals surface area contributed by atoms with Gasteiger partial charge >= 0.3 is 0 Å². The van der Waals surface area contributed by atoms with Crippen LogP contribution in [0.4, 0.5) is 0 Å². The molecule has 0 radical (unpaired) electrons. The summed E-state index contributed by atoms with van der Waals surface area (Å²) in [4.78, 5) is 12.4. The van der Waals surface area contributed by atoms with E-state index in [1.165, 1.54) is 6.42 Å². The predicted molar refractivity (Wildman–Crippen MR) is 76.0 cm³/mol. The van der Waals surface area contributed by atoms with Crippen molar-refractivity contribution >= 4 is 5.91 Å². The smallest absolute Gasteiger partial charge is 0.251 e. The molecule has 1 amide bonds. The number of nitrogens with one attached hydrogen (secondary N) is 1. The van der Waals surface area contributed by atoms with Gasteiger partial charge in [-0.1, -0.05) is 19.3 Å². The standard InChI is InChI=1S/C16H21NO3/c18-11-16(7-2-1-3-8-16)17-15(19)13-4-5-14-12(10-13)6-9-20-14/h4-5,10,18H,1-3,6-9,11H2,(H,17,19). The molecule has 20 heavy (non-hydrogen) atoms. The van der Waals surface area contributed by atoms with Crippen LogP contribution in [-0.2, 0) is 6.42 Å². The Balaban J connectivity index is 1.75. The van der Waals surface area contributed by atoms with Crippen molar-refractivity contribution in [2.75, 3.05) is 13.2 Å². The topological polar surface area (TPSA) is 58.6 Å². The van der Waals surface area contributed by atoms with Crippen molar-refractivity contribution in [1.29, 1.82) is 0 Å². The number of rotatable bonds is 3. The fourth-order valence-electron chi connectivity index (χ4n) is 3.19. The first-order valence-corrected chi connectivity index (χ1v) is 7.42. The van der Waals surface area contributed by atoms with Crippen LogP contribution >= 0.6 is 0 Å². The number of fused-ring (bicyclic) bond motifs is 1. The quantitative estimate of drug-likeness (QED) is 0.887. The molecule has 1 heterocycles. The Bertz CT molecular complexity index is 506. The number of aliphatic hydroxyl groups is 1. The summed E-state index contributed by atoms with van der Waals surface area (Å²) in [6.45, 7) is 0.716. The van der Waals surface area contributed by atoms with Gasteiger partial charge in [0.15, 0.2) is 0 Å². The molecule has 0 unspecified atom stereocenters. The van der Waals surface area contributed by atoms with Crippen LogP contribution in [0.1, 0.15) is 48.0 Å². The number of aliphatic hydroxyl groups excluding tert-OH is 1. The summed E-state index contributed by atoms with van der Waals surface area (Å²) in [7, 11) is 0. The van der Waals surface area contributed by atoms with E-state index in [0.717, 1.165) is 43.4 Å². The molecule has 1 aliphatic carbocycles. The van der Waals surface area contributed by atoms with E-state index < -0.39 is 5.54 Å². The third-order valence-electron chi connectivity index (χ3n) is 4.44. The molecule has 3 rings (SSSR count). The van der Waals surface area contributed by atoms with Crippen molar-refractivity contribution in [2.24, 2.45) is 0 Å². The van der Waals surface area contributed by atoms with Crippen molar-refractivity contribution in [1.82, 2.24) is 5.32 Å². The summed E-state index contributed by atoms with van der Waals surface area (Å²) < 4.78 is 5.45. The summed E-state index contributed by atoms with van der Waals surface area (Å²) in [6.07, 6.45) is 5.92. The third-order valence-corrected chi connectivity index (χ3v) is 4.44. The molecule has 1 aliphatic heterocycles. The number of hydrogen-bond acceptors (Lipinski definition) is 3. The average molecular weight is 275 g/mol. The maximum atomic E-state index is 12.4. The van der Waals surface area contributed by atoms with Gasteiger partial charge in [0, 0.05) is 12.0 Å². The second-order valence-electron chi connectivity index (χ2n) is 5.87. The number of benzene rings is 1. The minimum absolute atomic E-state index is 0.0206. The molecule has 0 aromatic heterocycles. The van der Waals surface area contributed by atoms with E-state index in [-0.39, 0.29) is 12.5 Å². The van der Waals surface area contributed by atoms with Crippen LogP contribution in [0.25, 0.3) is 0 Å². The highest BCUT2D eigenvalue weighted by molar-refractivity contribution is 5.95. The molecule has 0 spiro atoms. The number of ether oxygens (including phenoxy) is 1. The molecule has 0 atom stereocenters. The Morgan fingerprint density at radius 3 is 2.85 bits per heavy atom. The van der Waals surface area contributed by atoms with Crippen LogP contribution in [0.15, 0.2) is 18.2 Å². The zero-order valence-corrected chi connectivity index (χ0v) is 11.7. The van der Waals surface area contributed by atoms with Crippen LogP contribution in [0, 0.1) is 0 Å². The van der Waals surface area contributed by atoms with E-state index in [4.69, 9.17) is 4.74 Å². The van der Waals surface area contributed by atoms with Crippen molar-refractivity contribution < 1.29 is 14.6 Å². The highest BCUT2D eigenvalue weighted by atomic mass is 16.5. The first-order chi connectivity index (χ1) is 9.72. The lowest BCUT2D eigenvalue weighted by Crippen LogP contribution is -2.52. The second-order valence-corrected chi connectivity index (χ2v) is 5.87. The number of amides is 1. The molecular weight excluding hydrogens is 254 g/mol. The van der Waals surface area contributed by atoms with E-state index in [0.29, 0.717) is 12.2 Å². The van der Waals surface area contributed by atoms with Crippen molar-refractivity contribution in [2.45, 2.75) is 44.1 Å². The Kier molecular flexibility index (Phi) is 3.66. The van der Waals surface area contributed by atoms with Gasteiger partial charge in [0.1, 0.15) is 5.75 Å². The van der Waals surface area contributed by atoms with Gasteiger partial charge in [0.2, 0.25) is 0 Å². The molecule has 1 saturated carbocycles. The molecular formula is C16H21NO3. The summed E-state index contributed by atoms with van der Waals surface area (Å²) >= 11 is 0. The van der Waals surface area contributed by atoms with E-state index in [1.807, 2.05) is 12.1 Å². The minimum atomic E-state index is -0.426. The van der Waals surface area contributed by atoms with Gasteiger partial charge in [-0.15, -0.1) is 0 Å². The van der Waals surface area contributed by atoms with Crippen LogP contribution in [0.5, 0.6) is 5.75 Å². The van der Waals surface area contributed by atoms with Crippen molar-refractivity contribution in [3.05, 3.63) is 29.3 Å². The van der Waals surface area contributed by atoms with Crippen LogP contribution in [0.2, 0.25) is 0 Å². The number of hydrogen-bond donors (Lipinski definition) is 2. The lowest BCUT2D eigenvalue weighted by molar-refractivity contribution is 0.0758. The molecule has 4 nitrogen and oxygen atoms in total. The van der Waals surface area contributed by atoms with Crippen LogP contribution in [0.3, 0.4) is 0 Å². The Morgan fingerprint density at radius 2 is 2.10 bits per heavy atom. The van der Waals surface area contributed by atoms with Gasteiger partial charge in [-0.25, -0.2) is 0 Å². The Labute approximate surface area is 119 Å². The Hall–Kier alpha value is -1.55. The maximum absolute atomic E-state index is 12.4. The maximum Gasteiger partial charge on any atom is 0.251 e. The fraction of sp³-hybridized carbons (Fsp3) is 0.562. The van der Waals surface area contributed by atoms with Crippen molar-refractivity contribution in [3.8, 4) is 5.75 Å². The largest absolute Gasteiger partial charge is 0.493 e. The lowest BCUT2D eigenvalue weighted by atomic mass is 9.82. The summed E-state index contributed by atoms with van der Waals surface area (Å²) in [6, 6.07) is 5.57. The third kappa shape index (κ3) is 2.52. The van der Waals surface area contributed by atoms with Gasteiger partial charge in [-0.3, -0.25) is 4.79 Å². The predicted octanol–water partition coefficient (Wildman–Crippen LogP) is 2.05. The average Bonchev–Trinajstić information content (AvgIpc) is 2.95. The first-order valence-electron chi connectivity index (χ1n) is 7.42. The van der Waals surface area contributed by atoms with Gasteiger partial charge < -0.3 is 15.2 Å². The SMILES string of the molecule is O=C(NC1(CO)CCCCC1)c1ccc2c(c1)CCO2. The fourth-order valence-corrected chi connectivity index (χ4v) is 3.19. The van der Waals surface area contributed by atoms with E-state index in [9.17, 15) is 9.90 Å².